The van der Waals surface area contributed by atoms with E-state index in [4.69, 9.17) is 11.6 Å². The molecule has 1 aromatic heterocycles. The molecule has 1 heterocycles. The highest BCUT2D eigenvalue weighted by molar-refractivity contribution is 6.31. The summed E-state index contributed by atoms with van der Waals surface area (Å²) < 4.78 is 53.1. The zero-order chi connectivity index (χ0) is 17.8. The fourth-order valence-corrected chi connectivity index (χ4v) is 1.53. The molecule has 0 unspecified atom stereocenters. The van der Waals surface area contributed by atoms with Gasteiger partial charge in [0.05, 0.1) is 10.7 Å². The van der Waals surface area contributed by atoms with E-state index < -0.39 is 48.0 Å². The monoisotopic (exact) mass is 355 g/mol. The van der Waals surface area contributed by atoms with Crippen LogP contribution in [0, 0.1) is 0 Å². The second kappa shape index (κ2) is 7.12. The molecule has 0 saturated carbocycles. The van der Waals surface area contributed by atoms with Gasteiger partial charge < -0.3 is 10.6 Å². The summed E-state index contributed by atoms with van der Waals surface area (Å²) in [4.78, 5) is 26.5. The van der Waals surface area contributed by atoms with Crippen LogP contribution in [0.25, 0.3) is 0 Å². The number of hydrogen-bond donors (Lipinski definition) is 2. The lowest BCUT2D eigenvalue weighted by Crippen LogP contribution is -2.36. The van der Waals surface area contributed by atoms with Crippen LogP contribution in [0.1, 0.15) is 26.7 Å². The van der Waals surface area contributed by atoms with Gasteiger partial charge in [-0.25, -0.2) is 4.98 Å². The van der Waals surface area contributed by atoms with Crippen LogP contribution in [0.4, 0.5) is 29.1 Å². The summed E-state index contributed by atoms with van der Waals surface area (Å²) in [5.41, 5.74) is -0.407. The highest BCUT2D eigenvalue weighted by Gasteiger charge is 2.39. The number of aromatic nitrogens is 1. The zero-order valence-corrected chi connectivity index (χ0v) is 13.0. The normalized spacial score (nSPS) is 12.0. The summed E-state index contributed by atoms with van der Waals surface area (Å²) in [5.74, 6) is -11.2. The van der Waals surface area contributed by atoms with Gasteiger partial charge in [0, 0.05) is 19.0 Å². The van der Waals surface area contributed by atoms with Crippen molar-refractivity contribution in [2.45, 2.75) is 38.5 Å². The molecule has 1 rings (SSSR count). The molecule has 2 N–H and O–H groups in total. The van der Waals surface area contributed by atoms with Crippen molar-refractivity contribution in [2.75, 3.05) is 10.6 Å². The third kappa shape index (κ3) is 4.78. The van der Waals surface area contributed by atoms with Crippen molar-refractivity contribution in [1.82, 2.24) is 4.98 Å². The lowest BCUT2D eigenvalue weighted by molar-refractivity contribution is -0.140. The van der Waals surface area contributed by atoms with Crippen LogP contribution in [0.15, 0.2) is 12.3 Å². The van der Waals surface area contributed by atoms with Crippen LogP contribution < -0.4 is 10.6 Å². The second-order valence-electron chi connectivity index (χ2n) is 4.57. The Labute approximate surface area is 134 Å². The first-order valence-electron chi connectivity index (χ1n) is 6.57. The molecular weight excluding hydrogens is 342 g/mol. The maximum atomic E-state index is 13.3. The van der Waals surface area contributed by atoms with E-state index in [2.05, 4.69) is 4.98 Å². The van der Waals surface area contributed by atoms with E-state index in [0.29, 0.717) is 0 Å². The summed E-state index contributed by atoms with van der Waals surface area (Å²) in [5, 5.41) is 3.57. The summed E-state index contributed by atoms with van der Waals surface area (Å²) in [6.07, 6.45) is -0.515. The molecule has 0 spiro atoms. The lowest BCUT2D eigenvalue weighted by Gasteiger charge is -2.18. The molecule has 0 aliphatic carbocycles. The average molecular weight is 356 g/mol. The summed E-state index contributed by atoms with van der Waals surface area (Å²) in [6.45, 7) is 2.19. The molecule has 0 saturated heterocycles. The van der Waals surface area contributed by atoms with Crippen LogP contribution in [0.3, 0.4) is 0 Å². The van der Waals surface area contributed by atoms with Gasteiger partial charge in [-0.1, -0.05) is 25.4 Å². The van der Waals surface area contributed by atoms with Gasteiger partial charge in [-0.2, -0.15) is 17.6 Å². The predicted octanol–water partition coefficient (Wildman–Crippen LogP) is 3.70. The molecule has 23 heavy (non-hydrogen) atoms. The molecule has 0 aliphatic heterocycles. The Balaban J connectivity index is 3.07. The van der Waals surface area contributed by atoms with E-state index in [1.807, 2.05) is 5.32 Å². The smallest absolute Gasteiger partial charge is 0.318 e. The first-order chi connectivity index (χ1) is 10.5. The lowest BCUT2D eigenvalue weighted by atomic mass is 10.2. The number of nitrogens with one attached hydrogen (secondary N) is 2. The first-order valence-corrected chi connectivity index (χ1v) is 6.95. The largest absolute Gasteiger partial charge is 0.324 e. The number of carbonyl (C=O) groups excluding carboxylic acids is 2. The first kappa shape index (κ1) is 19.1. The minimum Gasteiger partial charge on any atom is -0.318 e. The van der Waals surface area contributed by atoms with Crippen LogP contribution in [0.5, 0.6) is 0 Å². The van der Waals surface area contributed by atoms with Crippen LogP contribution in [0.2, 0.25) is 5.02 Å². The highest BCUT2D eigenvalue weighted by atomic mass is 35.5. The van der Waals surface area contributed by atoms with Gasteiger partial charge in [0.15, 0.2) is 5.82 Å². The van der Waals surface area contributed by atoms with Crippen molar-refractivity contribution >= 4 is 34.9 Å². The van der Waals surface area contributed by atoms with Crippen molar-refractivity contribution in [1.29, 1.82) is 0 Å². The Bertz CT molecular complexity index is 611. The van der Waals surface area contributed by atoms with Crippen molar-refractivity contribution < 1.29 is 27.2 Å². The van der Waals surface area contributed by atoms with Gasteiger partial charge in [-0.15, -0.1) is 0 Å². The van der Waals surface area contributed by atoms with Crippen molar-refractivity contribution in [3.8, 4) is 0 Å². The Hall–Kier alpha value is -1.90. The molecule has 0 atom stereocenters. The van der Waals surface area contributed by atoms with E-state index in [-0.39, 0.29) is 5.02 Å². The molecule has 0 aliphatic rings. The summed E-state index contributed by atoms with van der Waals surface area (Å²) in [7, 11) is 0. The van der Waals surface area contributed by atoms with Gasteiger partial charge in [0.2, 0.25) is 0 Å². The minimum atomic E-state index is -3.67. The van der Waals surface area contributed by atoms with Crippen molar-refractivity contribution in [3.05, 3.63) is 17.3 Å². The average Bonchev–Trinajstić information content (AvgIpc) is 2.49. The third-order valence-electron chi connectivity index (χ3n) is 2.89. The number of pyridine rings is 1. The Morgan fingerprint density at radius 2 is 1.57 bits per heavy atom. The Morgan fingerprint density at radius 1 is 1.09 bits per heavy atom. The SMILES string of the molecule is CCC(F)(F)C(=O)Nc1cc(Cl)cnc1NC(=O)C(F)(F)CC. The van der Waals surface area contributed by atoms with Gasteiger partial charge in [-0.05, 0) is 6.07 Å². The van der Waals surface area contributed by atoms with Crippen LogP contribution >= 0.6 is 11.6 Å². The van der Waals surface area contributed by atoms with Crippen LogP contribution in [-0.4, -0.2) is 28.6 Å². The number of amides is 2. The van der Waals surface area contributed by atoms with Crippen molar-refractivity contribution in [3.63, 3.8) is 0 Å². The molecule has 128 valence electrons. The van der Waals surface area contributed by atoms with E-state index in [9.17, 15) is 27.2 Å². The Morgan fingerprint density at radius 3 is 2.04 bits per heavy atom. The summed E-state index contributed by atoms with van der Waals surface area (Å²) in [6, 6.07) is 1.01. The molecule has 0 fully saturated rings. The summed E-state index contributed by atoms with van der Waals surface area (Å²) >= 11 is 5.64. The quantitative estimate of drug-likeness (QED) is 0.764. The van der Waals surface area contributed by atoms with Crippen molar-refractivity contribution in [2.24, 2.45) is 0 Å². The third-order valence-corrected chi connectivity index (χ3v) is 3.09. The standard InChI is InChI=1S/C13H14ClF4N3O2/c1-3-12(15,16)10(22)20-8-5-7(14)6-19-9(8)21-11(23)13(17,18)4-2/h5-6H,3-4H2,1-2H3,(H,20,22)(H,19,21,23). The van der Waals surface area contributed by atoms with E-state index in [1.54, 1.807) is 5.32 Å². The van der Waals surface area contributed by atoms with Gasteiger partial charge >= 0.3 is 11.8 Å². The molecule has 10 heteroatoms. The topological polar surface area (TPSA) is 71.1 Å². The van der Waals surface area contributed by atoms with Gasteiger partial charge in [0.25, 0.3) is 11.8 Å². The second-order valence-corrected chi connectivity index (χ2v) is 5.01. The fourth-order valence-electron chi connectivity index (χ4n) is 1.37. The number of alkyl halides is 4. The molecule has 0 radical (unpaired) electrons. The number of hydrogen-bond acceptors (Lipinski definition) is 3. The van der Waals surface area contributed by atoms with Gasteiger partial charge in [0.1, 0.15) is 0 Å². The van der Waals surface area contributed by atoms with E-state index >= 15 is 0 Å². The molecule has 0 bridgehead atoms. The highest BCUT2D eigenvalue weighted by Crippen LogP contribution is 2.28. The zero-order valence-electron chi connectivity index (χ0n) is 12.2. The van der Waals surface area contributed by atoms with Gasteiger partial charge in [-0.3, -0.25) is 9.59 Å². The predicted molar refractivity (Wildman–Crippen MR) is 77.0 cm³/mol. The van der Waals surface area contributed by atoms with E-state index in [1.165, 1.54) is 0 Å². The maximum Gasteiger partial charge on any atom is 0.324 e. The number of carbonyl (C=O) groups is 2. The molecular formula is C13H14ClF4N3O2. The number of rotatable bonds is 6. The molecule has 0 aromatic carbocycles. The van der Waals surface area contributed by atoms with E-state index in [0.717, 1.165) is 26.1 Å². The molecule has 2 amide bonds. The molecule has 1 aromatic rings. The maximum absolute atomic E-state index is 13.3. The Kier molecular flexibility index (Phi) is 5.92. The minimum absolute atomic E-state index is 0.0413. The number of halogens is 5. The van der Waals surface area contributed by atoms with Crippen LogP contribution in [-0.2, 0) is 9.59 Å². The fraction of sp³-hybridized carbons (Fsp3) is 0.462. The number of anilines is 2. The number of nitrogens with zero attached hydrogens (tertiary/aromatic N) is 1. The molecule has 5 nitrogen and oxygen atoms in total.